The van der Waals surface area contributed by atoms with Gasteiger partial charge < -0.3 is 30.7 Å². The first-order valence-corrected chi connectivity index (χ1v) is 10.7. The molecular weight excluding hydrogens is 519 g/mol. The van der Waals surface area contributed by atoms with Crippen LogP contribution >= 0.6 is 22.6 Å². The molecule has 3 aliphatic rings. The van der Waals surface area contributed by atoms with Crippen LogP contribution in [0.25, 0.3) is 0 Å². The van der Waals surface area contributed by atoms with Gasteiger partial charge >= 0.3 is 0 Å². The number of carbonyl (C=O) groups excluding carboxylic acids is 1. The maximum absolute atomic E-state index is 11.3. The van der Waals surface area contributed by atoms with E-state index in [0.29, 0.717) is 18.0 Å². The van der Waals surface area contributed by atoms with Crippen molar-refractivity contribution in [2.75, 3.05) is 13.7 Å². The molecule has 0 aliphatic carbocycles. The molecule has 0 saturated carbocycles. The molecule has 2 unspecified atom stereocenters. The summed E-state index contributed by atoms with van der Waals surface area (Å²) in [5.74, 6) is -0.621. The fourth-order valence-corrected chi connectivity index (χ4v) is 4.63. The Morgan fingerprint density at radius 3 is 2.90 bits per heavy atom. The van der Waals surface area contributed by atoms with E-state index in [0.717, 1.165) is 9.13 Å². The van der Waals surface area contributed by atoms with Crippen LogP contribution in [-0.2, 0) is 16.0 Å². The number of ether oxygens (including phenoxy) is 1. The minimum absolute atomic E-state index is 0.0983. The lowest BCUT2D eigenvalue weighted by Crippen LogP contribution is -2.57. The first kappa shape index (κ1) is 22.2. The Kier molecular flexibility index (Phi) is 6.11. The van der Waals surface area contributed by atoms with Gasteiger partial charge in [-0.15, -0.1) is 0 Å². The molecule has 6 N–H and O–H groups in total. The van der Waals surface area contributed by atoms with Crippen molar-refractivity contribution in [1.29, 1.82) is 0 Å². The highest BCUT2D eigenvalue weighted by atomic mass is 127. The van der Waals surface area contributed by atoms with Gasteiger partial charge in [0.05, 0.1) is 0 Å². The number of likely N-dealkylation sites (N-methyl/N-ethyl adjacent to an activating group) is 1. The number of amides is 1. The molecule has 0 aromatic heterocycles. The number of nitrogens with zero attached hydrogens (tertiary/aromatic N) is 4. The molecule has 1 saturated heterocycles. The molecule has 12 heteroatoms. The van der Waals surface area contributed by atoms with E-state index in [2.05, 4.69) is 49.0 Å². The van der Waals surface area contributed by atoms with Crippen LogP contribution in [0.5, 0.6) is 0 Å². The molecule has 0 bridgehead atoms. The summed E-state index contributed by atoms with van der Waals surface area (Å²) in [6, 6.07) is 8.04. The monoisotopic (exact) mass is 542 g/mol. The Balaban J connectivity index is 1.59. The SMILES string of the molecule is CNC1(Cc2cccc(I)c2)N=CN=C2C1=NCN2[C@@H]1O[C@H](C(O)C(N)=O)[C@@H](O)[C@H]1O. The molecule has 1 amide bonds. The number of aliphatic hydroxyl groups excluding tert-OH is 3. The number of rotatable bonds is 6. The number of hydrogen-bond donors (Lipinski definition) is 5. The van der Waals surface area contributed by atoms with E-state index in [9.17, 15) is 20.1 Å². The van der Waals surface area contributed by atoms with E-state index < -0.39 is 42.2 Å². The van der Waals surface area contributed by atoms with Crippen LogP contribution in [-0.4, -0.2) is 94.0 Å². The van der Waals surface area contributed by atoms with Crippen molar-refractivity contribution in [3.05, 3.63) is 33.4 Å². The summed E-state index contributed by atoms with van der Waals surface area (Å²) in [7, 11) is 1.78. The van der Waals surface area contributed by atoms with Crippen molar-refractivity contribution >= 4 is 46.4 Å². The first-order valence-electron chi connectivity index (χ1n) is 9.63. The first-order chi connectivity index (χ1) is 14.8. The van der Waals surface area contributed by atoms with Crippen molar-refractivity contribution < 1.29 is 24.9 Å². The number of primary amides is 1. The maximum atomic E-state index is 11.3. The molecular formula is C19H23IN6O5. The smallest absolute Gasteiger partial charge is 0.249 e. The normalized spacial score (nSPS) is 33.1. The second kappa shape index (κ2) is 8.52. The second-order valence-electron chi connectivity index (χ2n) is 7.55. The zero-order valence-electron chi connectivity index (χ0n) is 16.6. The van der Waals surface area contributed by atoms with Crippen molar-refractivity contribution in [2.24, 2.45) is 20.7 Å². The van der Waals surface area contributed by atoms with Gasteiger partial charge in [0.15, 0.2) is 23.8 Å². The lowest BCUT2D eigenvalue weighted by molar-refractivity contribution is -0.141. The Labute approximate surface area is 191 Å². The minimum Gasteiger partial charge on any atom is -0.387 e. The number of aliphatic imine (C=N–C) groups is 3. The number of fused-ring (bicyclic) bond motifs is 1. The number of halogens is 1. The van der Waals surface area contributed by atoms with E-state index >= 15 is 0 Å². The largest absolute Gasteiger partial charge is 0.387 e. The fourth-order valence-electron chi connectivity index (χ4n) is 4.02. The summed E-state index contributed by atoms with van der Waals surface area (Å²) in [5, 5.41) is 34.0. The number of benzene rings is 1. The van der Waals surface area contributed by atoms with E-state index in [1.54, 1.807) is 11.9 Å². The Morgan fingerprint density at radius 1 is 1.45 bits per heavy atom. The second-order valence-corrected chi connectivity index (χ2v) is 8.80. The molecule has 4 rings (SSSR count). The van der Waals surface area contributed by atoms with Crippen LogP contribution in [0.3, 0.4) is 0 Å². The number of hydrogen-bond acceptors (Lipinski definition) is 10. The number of aliphatic hydroxyl groups is 3. The van der Waals surface area contributed by atoms with E-state index in [-0.39, 0.29) is 6.67 Å². The third kappa shape index (κ3) is 3.87. The third-order valence-electron chi connectivity index (χ3n) is 5.66. The molecule has 0 radical (unpaired) electrons. The number of nitrogens with one attached hydrogen (secondary N) is 1. The number of amidine groups is 1. The van der Waals surface area contributed by atoms with E-state index in [1.807, 2.05) is 18.2 Å². The summed E-state index contributed by atoms with van der Waals surface area (Å²) in [5.41, 5.74) is 5.87. The van der Waals surface area contributed by atoms with Crippen LogP contribution in [0, 0.1) is 3.57 Å². The van der Waals surface area contributed by atoms with Gasteiger partial charge in [-0.25, -0.2) is 9.98 Å². The molecule has 166 valence electrons. The zero-order chi connectivity index (χ0) is 22.3. The molecule has 11 nitrogen and oxygen atoms in total. The van der Waals surface area contributed by atoms with Crippen LogP contribution in [0.15, 0.2) is 39.2 Å². The molecule has 0 spiro atoms. The van der Waals surface area contributed by atoms with Gasteiger partial charge in [0.2, 0.25) is 5.91 Å². The lowest BCUT2D eigenvalue weighted by atomic mass is 9.93. The summed E-state index contributed by atoms with van der Waals surface area (Å²) < 4.78 is 6.73. The Morgan fingerprint density at radius 2 is 2.23 bits per heavy atom. The van der Waals surface area contributed by atoms with Crippen LogP contribution in [0.4, 0.5) is 0 Å². The van der Waals surface area contributed by atoms with Gasteiger partial charge in [0.1, 0.15) is 37.0 Å². The van der Waals surface area contributed by atoms with Gasteiger partial charge in [-0.05, 0) is 47.3 Å². The van der Waals surface area contributed by atoms with E-state index in [1.165, 1.54) is 6.34 Å². The molecule has 3 heterocycles. The predicted molar refractivity (Wildman–Crippen MR) is 121 cm³/mol. The van der Waals surface area contributed by atoms with Crippen LogP contribution in [0.1, 0.15) is 5.56 Å². The minimum atomic E-state index is -1.76. The highest BCUT2D eigenvalue weighted by Crippen LogP contribution is 2.31. The van der Waals surface area contributed by atoms with Crippen LogP contribution in [0.2, 0.25) is 0 Å². The van der Waals surface area contributed by atoms with Crippen molar-refractivity contribution in [3.8, 4) is 0 Å². The standard InChI is InChI=1S/C19H23IN6O5/c1-22-19(6-9-3-2-4-10(20)5-9)15-17(23-7-25-19)26(8-24-15)18-12(28)11(27)14(31-18)13(29)16(21)30/h2-5,7,11-14,18,22,27-29H,6,8H2,1H3,(H2,21,30)/t11-,12+,13?,14-,18+,19?/m0/s1. The summed E-state index contributed by atoms with van der Waals surface area (Å²) in [4.78, 5) is 26.4. The summed E-state index contributed by atoms with van der Waals surface area (Å²) >= 11 is 2.25. The predicted octanol–water partition coefficient (Wildman–Crippen LogP) is -1.80. The zero-order valence-corrected chi connectivity index (χ0v) is 18.7. The average molecular weight is 542 g/mol. The Hall–Kier alpha value is -1.97. The van der Waals surface area contributed by atoms with Gasteiger partial charge in [-0.2, -0.15) is 0 Å². The summed E-state index contributed by atoms with van der Waals surface area (Å²) in [6.45, 7) is 0.0983. The van der Waals surface area contributed by atoms with Crippen LogP contribution < -0.4 is 11.1 Å². The number of carbonyl (C=O) groups is 1. The van der Waals surface area contributed by atoms with Gasteiger partial charge in [-0.1, -0.05) is 12.1 Å². The highest BCUT2D eigenvalue weighted by Gasteiger charge is 2.53. The molecule has 3 aliphatic heterocycles. The Bertz CT molecular complexity index is 971. The molecule has 1 aromatic rings. The van der Waals surface area contributed by atoms with E-state index in [4.69, 9.17) is 10.5 Å². The highest BCUT2D eigenvalue weighted by molar-refractivity contribution is 14.1. The molecule has 31 heavy (non-hydrogen) atoms. The molecule has 1 aromatic carbocycles. The topological polar surface area (TPSA) is 165 Å². The molecule has 1 fully saturated rings. The van der Waals surface area contributed by atoms with Gasteiger partial charge in [0.25, 0.3) is 0 Å². The third-order valence-corrected chi connectivity index (χ3v) is 6.33. The molecule has 6 atom stereocenters. The summed E-state index contributed by atoms with van der Waals surface area (Å²) in [6.07, 6.45) is -5.17. The lowest BCUT2D eigenvalue weighted by Gasteiger charge is -2.34. The van der Waals surface area contributed by atoms with Gasteiger partial charge in [0, 0.05) is 9.99 Å². The average Bonchev–Trinajstić information content (AvgIpc) is 3.30. The van der Waals surface area contributed by atoms with Crippen molar-refractivity contribution in [3.63, 3.8) is 0 Å². The van der Waals surface area contributed by atoms with Crippen molar-refractivity contribution in [2.45, 2.75) is 42.7 Å². The van der Waals surface area contributed by atoms with Crippen molar-refractivity contribution in [1.82, 2.24) is 10.2 Å². The van der Waals surface area contributed by atoms with Gasteiger partial charge in [-0.3, -0.25) is 15.1 Å². The number of nitrogens with two attached hydrogens (primary N) is 1. The fraction of sp³-hybridized carbons (Fsp3) is 0.474. The maximum Gasteiger partial charge on any atom is 0.249 e. The quantitative estimate of drug-likeness (QED) is 0.265.